The van der Waals surface area contributed by atoms with Crippen LogP contribution < -0.4 is 19.9 Å². The predicted molar refractivity (Wildman–Crippen MR) is 197 cm³/mol. The highest BCUT2D eigenvalue weighted by Crippen LogP contribution is 2.66. The Morgan fingerprint density at radius 1 is 0.804 bits per heavy atom. The van der Waals surface area contributed by atoms with Crippen LogP contribution in [0.3, 0.4) is 0 Å². The topological polar surface area (TPSA) is 116 Å². The monoisotopic (exact) mass is 875 g/mol. The Bertz CT molecular complexity index is 2410. The molecule has 0 bridgehead atoms. The van der Waals surface area contributed by atoms with Gasteiger partial charge in [-0.2, -0.15) is 0 Å². The molecule has 4 aromatic carbocycles. The molecule has 2 N–H and O–H groups in total. The lowest BCUT2D eigenvalue weighted by molar-refractivity contribution is -0.125. The van der Waals surface area contributed by atoms with Crippen molar-refractivity contribution in [2.75, 3.05) is 22.2 Å². The van der Waals surface area contributed by atoms with Crippen LogP contribution >= 0.6 is 39.1 Å². The molecule has 2 heterocycles. The van der Waals surface area contributed by atoms with Gasteiger partial charge in [0.15, 0.2) is 44.5 Å². The van der Waals surface area contributed by atoms with Crippen molar-refractivity contribution in [2.45, 2.75) is 28.5 Å². The van der Waals surface area contributed by atoms with E-state index in [2.05, 4.69) is 21.2 Å². The second kappa shape index (κ2) is 13.3. The summed E-state index contributed by atoms with van der Waals surface area (Å²) in [6.07, 6.45) is 0.857. The van der Waals surface area contributed by atoms with Crippen LogP contribution in [0.4, 0.5) is 44.7 Å². The molecule has 4 amide bonds. The number of phenolic OH excluding ortho intramolecular Hbond substituents is 1. The Hall–Kier alpha value is -4.99. The number of amides is 4. The number of carbonyl (C=O) groups is 4. The number of rotatable bonds is 6. The highest BCUT2D eigenvalue weighted by atomic mass is 79.9. The minimum Gasteiger partial charge on any atom is -0.503 e. The number of aromatic hydroxyl groups is 1. The molecule has 8 rings (SSSR count). The van der Waals surface area contributed by atoms with Crippen molar-refractivity contribution in [3.63, 3.8) is 0 Å². The third-order valence-corrected chi connectivity index (χ3v) is 13.0. The van der Waals surface area contributed by atoms with Gasteiger partial charge < -0.3 is 15.2 Å². The van der Waals surface area contributed by atoms with E-state index in [1.54, 1.807) is 30.3 Å². The molecule has 3 fully saturated rings. The van der Waals surface area contributed by atoms with E-state index in [9.17, 15) is 37.5 Å². The number of fused-ring (bicyclic) bond motifs is 4. The van der Waals surface area contributed by atoms with Gasteiger partial charge >= 0.3 is 0 Å². The fraction of sp³-hybridized carbons (Fsp3) is 0.231. The van der Waals surface area contributed by atoms with Crippen molar-refractivity contribution < 1.29 is 51.0 Å². The number of hydrogen-bond acceptors (Lipinski definition) is 7. The molecule has 4 aliphatic rings. The molecule has 9 nitrogen and oxygen atoms in total. The summed E-state index contributed by atoms with van der Waals surface area (Å²) < 4.78 is 79.2. The van der Waals surface area contributed by atoms with Gasteiger partial charge in [-0.3, -0.25) is 24.1 Å². The number of imide groups is 2. The molecule has 0 aromatic heterocycles. The van der Waals surface area contributed by atoms with Gasteiger partial charge in [-0.15, -0.1) is 23.2 Å². The van der Waals surface area contributed by atoms with Crippen LogP contribution in [-0.4, -0.2) is 45.6 Å². The molecular formula is C39H25BrCl2F5N3O6. The van der Waals surface area contributed by atoms with Crippen molar-refractivity contribution in [3.05, 3.63) is 118 Å². The smallest absolute Gasteiger partial charge is 0.258 e. The van der Waals surface area contributed by atoms with Crippen LogP contribution in [0, 0.1) is 46.8 Å². The predicted octanol–water partition coefficient (Wildman–Crippen LogP) is 8.37. The van der Waals surface area contributed by atoms with Crippen molar-refractivity contribution in [1.29, 1.82) is 0 Å². The Labute approximate surface area is 332 Å². The normalized spacial score (nSPS) is 26.9. The van der Waals surface area contributed by atoms with Gasteiger partial charge in [-0.25, -0.2) is 26.9 Å². The quantitative estimate of drug-likeness (QED) is 0.0500. The zero-order valence-electron chi connectivity index (χ0n) is 28.6. The molecule has 2 aliphatic carbocycles. The molecule has 4 aromatic rings. The number of ether oxygens (including phenoxy) is 1. The van der Waals surface area contributed by atoms with E-state index in [0.29, 0.717) is 5.69 Å². The van der Waals surface area contributed by atoms with Gasteiger partial charge in [0.05, 0.1) is 29.1 Å². The zero-order chi connectivity index (χ0) is 40.2. The fourth-order valence-corrected chi connectivity index (χ4v) is 9.89. The number of nitrogens with zero attached hydrogens (tertiary/aromatic N) is 2. The molecule has 1 saturated carbocycles. The summed E-state index contributed by atoms with van der Waals surface area (Å²) >= 11 is 17.6. The number of para-hydroxylation sites is 1. The summed E-state index contributed by atoms with van der Waals surface area (Å²) in [4.78, 5) is 52.8. The largest absolute Gasteiger partial charge is 0.503 e. The van der Waals surface area contributed by atoms with E-state index in [4.69, 9.17) is 27.9 Å². The number of anilines is 4. The summed E-state index contributed by atoms with van der Waals surface area (Å²) in [5, 5.41) is 13.9. The van der Waals surface area contributed by atoms with E-state index in [1.807, 2.05) is 30.3 Å². The maximum absolute atomic E-state index is 15.3. The van der Waals surface area contributed by atoms with Gasteiger partial charge in [-0.05, 0) is 88.8 Å². The average molecular weight is 877 g/mol. The van der Waals surface area contributed by atoms with Gasteiger partial charge in [-0.1, -0.05) is 29.8 Å². The number of benzene rings is 4. The van der Waals surface area contributed by atoms with Gasteiger partial charge in [0.25, 0.3) is 11.8 Å². The van der Waals surface area contributed by atoms with Crippen molar-refractivity contribution in [2.24, 2.45) is 17.8 Å². The standard InChI is InChI=1S/C39H25BrCl2F5N3O6/c1-56-24-14-16(13-23(40)33(24)51)26-20-11-12-21-25(35(53)49(34(21)52)19-9-7-18(8-10-19)48-17-5-3-2-4-6-17)22(20)15-38(41)36(54)50(37(55)39(26,38)42)32-30(46)28(44)27(43)29(45)31(32)47/h2-11,13-14,21-22,25-26,48,51H,12,15H2,1H3. The van der Waals surface area contributed by atoms with E-state index in [1.165, 1.54) is 19.2 Å². The fourth-order valence-electron chi connectivity index (χ4n) is 8.49. The number of methoxy groups -OCH3 is 1. The molecule has 288 valence electrons. The molecular weight excluding hydrogens is 852 g/mol. The molecule has 2 saturated heterocycles. The van der Waals surface area contributed by atoms with Gasteiger partial charge in [0.1, 0.15) is 5.69 Å². The highest BCUT2D eigenvalue weighted by Gasteiger charge is 2.77. The number of nitrogens with one attached hydrogen (secondary N) is 1. The third-order valence-electron chi connectivity index (χ3n) is 11.0. The minimum atomic E-state index is -2.74. The van der Waals surface area contributed by atoms with E-state index < -0.39 is 98.2 Å². The van der Waals surface area contributed by atoms with Crippen molar-refractivity contribution in [3.8, 4) is 11.5 Å². The van der Waals surface area contributed by atoms with Crippen LogP contribution in [0.1, 0.15) is 24.3 Å². The number of hydrogen-bond donors (Lipinski definition) is 2. The number of halogens is 8. The lowest BCUT2D eigenvalue weighted by Crippen LogP contribution is -2.60. The average Bonchev–Trinajstić information content (AvgIpc) is 3.52. The maximum atomic E-state index is 15.3. The Morgan fingerprint density at radius 2 is 1.41 bits per heavy atom. The SMILES string of the molecule is COc1cc(C2C3=CCC4C(=O)N(c5ccc(Nc6ccccc6)cc5)C(=O)C4C3CC3(Cl)C(=O)N(c4c(F)c(F)c(F)c(F)c4F)C(=O)C23Cl)cc(Br)c1O. The molecule has 0 spiro atoms. The first kappa shape index (κ1) is 37.9. The van der Waals surface area contributed by atoms with E-state index in [0.717, 1.165) is 10.6 Å². The Morgan fingerprint density at radius 3 is 2.04 bits per heavy atom. The van der Waals surface area contributed by atoms with E-state index >= 15 is 8.78 Å². The number of carbonyl (C=O) groups excluding carboxylic acids is 4. The van der Waals surface area contributed by atoms with Crippen molar-refractivity contribution >= 4 is 85.5 Å². The van der Waals surface area contributed by atoms with Gasteiger partial charge in [0.2, 0.25) is 17.6 Å². The molecule has 6 atom stereocenters. The molecule has 56 heavy (non-hydrogen) atoms. The lowest BCUT2D eigenvalue weighted by Gasteiger charge is -2.50. The summed E-state index contributed by atoms with van der Waals surface area (Å²) in [6.45, 7) is 0. The highest BCUT2D eigenvalue weighted by molar-refractivity contribution is 9.10. The van der Waals surface area contributed by atoms with Gasteiger partial charge in [0, 0.05) is 17.3 Å². The molecule has 6 unspecified atom stereocenters. The summed E-state index contributed by atoms with van der Waals surface area (Å²) in [5.74, 6) is -22.2. The van der Waals surface area contributed by atoms with Crippen LogP contribution in [0.15, 0.2) is 82.9 Å². The van der Waals surface area contributed by atoms with E-state index in [-0.39, 0.29) is 44.1 Å². The zero-order valence-corrected chi connectivity index (χ0v) is 31.7. The molecule has 0 radical (unpaired) electrons. The first-order chi connectivity index (χ1) is 26.6. The molecule has 2 aliphatic heterocycles. The summed E-state index contributed by atoms with van der Waals surface area (Å²) in [5.41, 5.74) is 0.113. The second-order valence-corrected chi connectivity index (χ2v) is 15.9. The number of alkyl halides is 2. The molecule has 17 heteroatoms. The number of phenols is 1. The third kappa shape index (κ3) is 5.16. The van der Waals surface area contributed by atoms with Crippen LogP contribution in [0.5, 0.6) is 11.5 Å². The van der Waals surface area contributed by atoms with Crippen LogP contribution in [0.2, 0.25) is 0 Å². The Balaban J connectivity index is 1.25. The maximum Gasteiger partial charge on any atom is 0.258 e. The summed E-state index contributed by atoms with van der Waals surface area (Å²) in [7, 11) is 1.22. The first-order valence-electron chi connectivity index (χ1n) is 16.9. The summed E-state index contributed by atoms with van der Waals surface area (Å²) in [6, 6.07) is 18.3. The minimum absolute atomic E-state index is 0.0144. The lowest BCUT2D eigenvalue weighted by atomic mass is 9.56. The second-order valence-electron chi connectivity index (χ2n) is 13.8. The van der Waals surface area contributed by atoms with Crippen LogP contribution in [0.25, 0.3) is 0 Å². The first-order valence-corrected chi connectivity index (χ1v) is 18.5. The van der Waals surface area contributed by atoms with Crippen molar-refractivity contribution in [1.82, 2.24) is 0 Å². The van der Waals surface area contributed by atoms with Crippen LogP contribution in [-0.2, 0) is 19.2 Å². The number of allylic oxidation sites excluding steroid dienone is 2. The Kier molecular flexibility index (Phi) is 9.01.